The molecule has 27 heavy (non-hydrogen) atoms. The van der Waals surface area contributed by atoms with Crippen molar-refractivity contribution in [3.63, 3.8) is 0 Å². The summed E-state index contributed by atoms with van der Waals surface area (Å²) in [4.78, 5) is 0. The van der Waals surface area contributed by atoms with Gasteiger partial charge in [0.25, 0.3) is 0 Å². The van der Waals surface area contributed by atoms with Gasteiger partial charge in [-0.2, -0.15) is 0 Å². The Morgan fingerprint density at radius 1 is 0.852 bits per heavy atom. The van der Waals surface area contributed by atoms with Crippen molar-refractivity contribution in [3.05, 3.63) is 47.0 Å². The molecule has 8 unspecified atom stereocenters. The lowest BCUT2D eigenvalue weighted by Crippen LogP contribution is -2.43. The molecule has 0 heterocycles. The smallest absolute Gasteiger partial charge is 0.00764 e. The van der Waals surface area contributed by atoms with Crippen LogP contribution in [0.5, 0.6) is 0 Å². The minimum Gasteiger partial charge on any atom is -0.327 e. The number of hydrogen-bond donors (Lipinski definition) is 1. The van der Waals surface area contributed by atoms with Crippen molar-refractivity contribution in [1.82, 2.24) is 0 Å². The highest BCUT2D eigenvalue weighted by atomic mass is 14.6. The van der Waals surface area contributed by atoms with Crippen LogP contribution in [0.25, 0.3) is 0 Å². The van der Waals surface area contributed by atoms with Crippen molar-refractivity contribution in [2.24, 2.45) is 41.2 Å². The van der Waals surface area contributed by atoms with Gasteiger partial charge in [-0.15, -0.1) is 0 Å². The molecule has 0 saturated heterocycles. The molecular weight excluding hydrogens is 326 g/mol. The van der Waals surface area contributed by atoms with Crippen molar-refractivity contribution < 1.29 is 0 Å². The molecule has 1 aromatic carbocycles. The molecule has 4 aliphatic rings. The first-order valence-corrected chi connectivity index (χ1v) is 11.6. The van der Waals surface area contributed by atoms with Gasteiger partial charge in [-0.05, 0) is 105 Å². The summed E-state index contributed by atoms with van der Waals surface area (Å²) in [6, 6.07) is 9.82. The van der Waals surface area contributed by atoms with E-state index in [2.05, 4.69) is 44.2 Å². The average molecular weight is 364 g/mol. The highest BCUT2D eigenvalue weighted by molar-refractivity contribution is 5.26. The van der Waals surface area contributed by atoms with E-state index in [4.69, 9.17) is 5.73 Å². The van der Waals surface area contributed by atoms with Crippen molar-refractivity contribution >= 4 is 0 Å². The van der Waals surface area contributed by atoms with Gasteiger partial charge >= 0.3 is 0 Å². The third kappa shape index (κ3) is 3.11. The van der Waals surface area contributed by atoms with E-state index in [-0.39, 0.29) is 0 Å². The van der Waals surface area contributed by atoms with Crippen LogP contribution in [-0.2, 0) is 0 Å². The number of hydrogen-bond acceptors (Lipinski definition) is 1. The van der Waals surface area contributed by atoms with E-state index in [1.165, 1.54) is 56.9 Å². The van der Waals surface area contributed by atoms with Crippen LogP contribution in [-0.4, -0.2) is 6.04 Å². The van der Waals surface area contributed by atoms with Gasteiger partial charge in [-0.25, -0.2) is 0 Å². The van der Waals surface area contributed by atoms with E-state index in [0.717, 1.165) is 41.4 Å². The molecule has 4 aliphatic carbocycles. The van der Waals surface area contributed by atoms with Crippen LogP contribution in [0.15, 0.2) is 35.9 Å². The lowest BCUT2D eigenvalue weighted by molar-refractivity contribution is 0.0466. The molecule has 0 aromatic heterocycles. The molecule has 0 spiro atoms. The number of benzene rings is 1. The molecule has 2 N–H and O–H groups in total. The van der Waals surface area contributed by atoms with E-state index >= 15 is 0 Å². The third-order valence-corrected chi connectivity index (χ3v) is 9.10. The largest absolute Gasteiger partial charge is 0.327 e. The highest BCUT2D eigenvalue weighted by Gasteiger charge is 2.50. The molecular formula is C26H37N. The summed E-state index contributed by atoms with van der Waals surface area (Å²) in [5.74, 6) is 6.44. The molecule has 3 saturated carbocycles. The minimum absolute atomic E-state index is 0.437. The van der Waals surface area contributed by atoms with Gasteiger partial charge in [0.15, 0.2) is 0 Å². The number of rotatable bonds is 2. The zero-order valence-electron chi connectivity index (χ0n) is 17.2. The van der Waals surface area contributed by atoms with Crippen molar-refractivity contribution in [3.8, 4) is 0 Å². The molecule has 1 aromatic rings. The molecule has 5 rings (SSSR count). The van der Waals surface area contributed by atoms with Crippen LogP contribution in [0.1, 0.15) is 75.3 Å². The first-order valence-electron chi connectivity index (χ1n) is 11.6. The van der Waals surface area contributed by atoms with Crippen LogP contribution in [0, 0.1) is 42.4 Å². The first kappa shape index (κ1) is 18.0. The summed E-state index contributed by atoms with van der Waals surface area (Å²) in [5, 5.41) is 0. The number of aryl methyl sites for hydroxylation is 1. The summed E-state index contributed by atoms with van der Waals surface area (Å²) in [6.07, 6.45) is 13.7. The second-order valence-corrected chi connectivity index (χ2v) is 10.3. The summed E-state index contributed by atoms with van der Waals surface area (Å²) in [7, 11) is 0. The van der Waals surface area contributed by atoms with Crippen molar-refractivity contribution in [2.45, 2.75) is 77.2 Å². The van der Waals surface area contributed by atoms with Crippen LogP contribution < -0.4 is 5.73 Å². The van der Waals surface area contributed by atoms with Gasteiger partial charge in [0.1, 0.15) is 0 Å². The van der Waals surface area contributed by atoms with E-state index in [1.807, 2.05) is 0 Å². The predicted molar refractivity (Wildman–Crippen MR) is 114 cm³/mol. The number of allylic oxidation sites excluding steroid dienone is 1. The zero-order valence-corrected chi connectivity index (χ0v) is 17.2. The van der Waals surface area contributed by atoms with E-state index in [1.54, 1.807) is 11.1 Å². The first-order chi connectivity index (χ1) is 13.1. The number of nitrogens with two attached hydrogens (primary N) is 1. The maximum atomic E-state index is 6.27. The fourth-order valence-corrected chi connectivity index (χ4v) is 7.74. The van der Waals surface area contributed by atoms with Crippen molar-refractivity contribution in [1.29, 1.82) is 0 Å². The second kappa shape index (κ2) is 7.07. The van der Waals surface area contributed by atoms with Crippen LogP contribution >= 0.6 is 0 Å². The van der Waals surface area contributed by atoms with Gasteiger partial charge < -0.3 is 5.73 Å². The van der Waals surface area contributed by atoms with Crippen LogP contribution in [0.2, 0.25) is 0 Å². The van der Waals surface area contributed by atoms with E-state index in [9.17, 15) is 0 Å². The predicted octanol–water partition coefficient (Wildman–Crippen LogP) is 6.22. The van der Waals surface area contributed by atoms with Gasteiger partial charge in [0, 0.05) is 6.04 Å². The Morgan fingerprint density at radius 3 is 2.41 bits per heavy atom. The Balaban J connectivity index is 1.34. The average Bonchev–Trinajstić information content (AvgIpc) is 3.12. The number of fused-ring (bicyclic) bond motifs is 5. The quantitative estimate of drug-likeness (QED) is 0.620. The molecule has 0 aliphatic heterocycles. The third-order valence-electron chi connectivity index (χ3n) is 9.10. The molecule has 0 radical (unpaired) electrons. The summed E-state index contributed by atoms with van der Waals surface area (Å²) < 4.78 is 0. The topological polar surface area (TPSA) is 26.0 Å². The Bertz CT molecular complexity index is 701. The fourth-order valence-electron chi connectivity index (χ4n) is 7.74. The Hall–Kier alpha value is -1.08. The minimum atomic E-state index is 0.437. The van der Waals surface area contributed by atoms with Crippen molar-refractivity contribution in [2.75, 3.05) is 0 Å². The summed E-state index contributed by atoms with van der Waals surface area (Å²) >= 11 is 0. The van der Waals surface area contributed by atoms with Gasteiger partial charge in [0.05, 0.1) is 0 Å². The normalized spacial score (nSPS) is 41.9. The molecule has 0 bridgehead atoms. The maximum Gasteiger partial charge on any atom is 0.00764 e. The Kier molecular flexibility index (Phi) is 4.71. The molecule has 0 amide bonds. The second-order valence-electron chi connectivity index (χ2n) is 10.3. The Labute approximate surface area is 165 Å². The monoisotopic (exact) mass is 363 g/mol. The summed E-state index contributed by atoms with van der Waals surface area (Å²) in [5.41, 5.74) is 11.0. The summed E-state index contributed by atoms with van der Waals surface area (Å²) in [6.45, 7) is 4.70. The van der Waals surface area contributed by atoms with Gasteiger partial charge in [0.2, 0.25) is 0 Å². The highest BCUT2D eigenvalue weighted by Crippen LogP contribution is 2.59. The SMILES string of the molecule is Cc1ccc(C(C)C2CCC3C4CC=C5CC(N)CCC5C4CCC23)cc1. The standard InChI is InChI=1S/C26H37N/c1-16-3-5-18(6-4-16)17(2)21-11-12-26-23(21)13-14-24-22-10-8-20(27)15-19(22)7-9-25(24)26/h3-7,17,20-26H,8-15,27H2,1-2H3. The lowest BCUT2D eigenvalue weighted by Gasteiger charge is -2.50. The van der Waals surface area contributed by atoms with E-state index < -0.39 is 0 Å². The molecule has 1 heteroatoms. The zero-order chi connectivity index (χ0) is 18.5. The van der Waals surface area contributed by atoms with Crippen LogP contribution in [0.3, 0.4) is 0 Å². The molecule has 1 nitrogen and oxygen atoms in total. The fraction of sp³-hybridized carbons (Fsp3) is 0.692. The molecule has 146 valence electrons. The maximum absolute atomic E-state index is 6.27. The molecule has 8 atom stereocenters. The molecule has 3 fully saturated rings. The van der Waals surface area contributed by atoms with Gasteiger partial charge in [-0.3, -0.25) is 0 Å². The Morgan fingerprint density at radius 2 is 1.59 bits per heavy atom. The lowest BCUT2D eigenvalue weighted by atomic mass is 9.55. The van der Waals surface area contributed by atoms with Gasteiger partial charge in [-0.1, -0.05) is 48.4 Å². The van der Waals surface area contributed by atoms with E-state index in [0.29, 0.717) is 6.04 Å². The van der Waals surface area contributed by atoms with Crippen LogP contribution in [0.4, 0.5) is 0 Å².